The molecule has 2 aliphatic rings. The molecule has 0 spiro atoms. The van der Waals surface area contributed by atoms with E-state index in [2.05, 4.69) is 15.4 Å². The first kappa shape index (κ1) is 20.9. The van der Waals surface area contributed by atoms with Crippen LogP contribution < -0.4 is 29.6 Å². The minimum Gasteiger partial charge on any atom is -0.490 e. The molecule has 0 unspecified atom stereocenters. The smallest absolute Gasteiger partial charge is 0.265 e. The monoisotopic (exact) mass is 447 g/mol. The predicted octanol–water partition coefficient (Wildman–Crippen LogP) is 1.48. The fourth-order valence-corrected chi connectivity index (χ4v) is 4.04. The first-order valence-electron chi connectivity index (χ1n) is 9.62. The number of hydrogen-bond donors (Lipinski definition) is 3. The maximum absolute atomic E-state index is 12.6. The summed E-state index contributed by atoms with van der Waals surface area (Å²) in [6.07, 6.45) is 0.0967. The van der Waals surface area contributed by atoms with Gasteiger partial charge in [0, 0.05) is 18.2 Å². The first-order chi connectivity index (χ1) is 14.8. The number of carbonyl (C=O) groups excluding carboxylic acids is 2. The summed E-state index contributed by atoms with van der Waals surface area (Å²) >= 11 is 0. The van der Waals surface area contributed by atoms with Crippen LogP contribution in [-0.4, -0.2) is 46.1 Å². The summed E-state index contributed by atoms with van der Waals surface area (Å²) in [5.74, 6) is 0.443. The first-order valence-corrected chi connectivity index (χ1v) is 11.1. The molecule has 0 radical (unpaired) electrons. The Morgan fingerprint density at radius 1 is 1.10 bits per heavy atom. The average Bonchev–Trinajstić information content (AvgIpc) is 2.98. The summed E-state index contributed by atoms with van der Waals surface area (Å²) in [5, 5.41) is 5.26. The Bertz CT molecular complexity index is 1130. The lowest BCUT2D eigenvalue weighted by Gasteiger charge is -2.23. The molecular formula is C20H21N3O7S. The molecule has 2 aromatic rings. The standard InChI is InChI=1S/C20H21N3O7S/c1-12-20(25)23-15-9-13(3-5-16(15)30-12)22-19(24)11-21-31(26,27)14-4-6-17-18(10-14)29-8-2-7-28-17/h3-6,9-10,12,21H,2,7-8,11H2,1H3,(H,22,24)(H,23,25)/t12-/m0/s1. The Morgan fingerprint density at radius 2 is 1.84 bits per heavy atom. The molecule has 2 heterocycles. The van der Waals surface area contributed by atoms with Crippen LogP contribution in [0.3, 0.4) is 0 Å². The highest BCUT2D eigenvalue weighted by molar-refractivity contribution is 7.89. The van der Waals surface area contributed by atoms with E-state index in [1.807, 2.05) is 0 Å². The van der Waals surface area contributed by atoms with Crippen molar-refractivity contribution in [3.05, 3.63) is 36.4 Å². The van der Waals surface area contributed by atoms with E-state index in [-0.39, 0.29) is 10.8 Å². The van der Waals surface area contributed by atoms with Crippen LogP contribution in [0.25, 0.3) is 0 Å². The van der Waals surface area contributed by atoms with E-state index in [4.69, 9.17) is 14.2 Å². The van der Waals surface area contributed by atoms with E-state index >= 15 is 0 Å². The molecule has 3 N–H and O–H groups in total. The van der Waals surface area contributed by atoms with E-state index in [1.165, 1.54) is 24.3 Å². The highest BCUT2D eigenvalue weighted by Crippen LogP contribution is 2.33. The number of benzene rings is 2. The highest BCUT2D eigenvalue weighted by atomic mass is 32.2. The molecule has 0 saturated heterocycles. The van der Waals surface area contributed by atoms with Gasteiger partial charge in [0.25, 0.3) is 5.91 Å². The maximum Gasteiger partial charge on any atom is 0.265 e. The van der Waals surface area contributed by atoms with Crippen molar-refractivity contribution in [3.63, 3.8) is 0 Å². The zero-order chi connectivity index (χ0) is 22.0. The van der Waals surface area contributed by atoms with Crippen LogP contribution >= 0.6 is 0 Å². The van der Waals surface area contributed by atoms with Gasteiger partial charge in [-0.15, -0.1) is 0 Å². The summed E-state index contributed by atoms with van der Waals surface area (Å²) in [5.41, 5.74) is 0.811. The number of rotatable bonds is 5. The Hall–Kier alpha value is -3.31. The van der Waals surface area contributed by atoms with Crippen LogP contribution in [0.2, 0.25) is 0 Å². The van der Waals surface area contributed by atoms with Gasteiger partial charge in [-0.2, -0.15) is 0 Å². The van der Waals surface area contributed by atoms with Gasteiger partial charge in [-0.3, -0.25) is 9.59 Å². The van der Waals surface area contributed by atoms with Crippen molar-refractivity contribution in [2.24, 2.45) is 0 Å². The minimum atomic E-state index is -3.94. The van der Waals surface area contributed by atoms with E-state index in [0.717, 1.165) is 0 Å². The minimum absolute atomic E-state index is 0.0349. The molecule has 0 aliphatic carbocycles. The zero-order valence-corrected chi connectivity index (χ0v) is 17.5. The van der Waals surface area contributed by atoms with Gasteiger partial charge in [-0.1, -0.05) is 0 Å². The van der Waals surface area contributed by atoms with Crippen molar-refractivity contribution in [2.75, 3.05) is 30.4 Å². The molecule has 164 valence electrons. The summed E-state index contributed by atoms with van der Waals surface area (Å²) in [4.78, 5) is 23.9. The molecule has 11 heteroatoms. The zero-order valence-electron chi connectivity index (χ0n) is 16.6. The van der Waals surface area contributed by atoms with Gasteiger partial charge >= 0.3 is 0 Å². The van der Waals surface area contributed by atoms with Crippen LogP contribution in [0, 0.1) is 0 Å². The van der Waals surface area contributed by atoms with Crippen LogP contribution in [0.1, 0.15) is 13.3 Å². The van der Waals surface area contributed by atoms with Crippen molar-refractivity contribution in [3.8, 4) is 17.2 Å². The lowest BCUT2D eigenvalue weighted by Crippen LogP contribution is -2.34. The molecule has 31 heavy (non-hydrogen) atoms. The third kappa shape index (κ3) is 4.72. The lowest BCUT2D eigenvalue weighted by molar-refractivity contribution is -0.122. The molecule has 2 amide bonds. The van der Waals surface area contributed by atoms with Crippen LogP contribution in [-0.2, 0) is 19.6 Å². The summed E-state index contributed by atoms with van der Waals surface area (Å²) in [7, 11) is -3.94. The fraction of sp³-hybridized carbons (Fsp3) is 0.300. The lowest BCUT2D eigenvalue weighted by atomic mass is 10.2. The largest absolute Gasteiger partial charge is 0.490 e. The molecule has 0 fully saturated rings. The Balaban J connectivity index is 1.39. The third-order valence-electron chi connectivity index (χ3n) is 4.65. The Morgan fingerprint density at radius 3 is 2.65 bits per heavy atom. The number of ether oxygens (including phenoxy) is 3. The molecule has 2 aromatic carbocycles. The van der Waals surface area contributed by atoms with Crippen molar-refractivity contribution >= 4 is 33.2 Å². The van der Waals surface area contributed by atoms with E-state index < -0.39 is 28.6 Å². The highest BCUT2D eigenvalue weighted by Gasteiger charge is 2.24. The third-order valence-corrected chi connectivity index (χ3v) is 6.05. The van der Waals surface area contributed by atoms with Gasteiger partial charge in [0.2, 0.25) is 15.9 Å². The fourth-order valence-electron chi connectivity index (χ4n) is 3.05. The van der Waals surface area contributed by atoms with Gasteiger partial charge in [-0.25, -0.2) is 13.1 Å². The van der Waals surface area contributed by atoms with E-state index in [0.29, 0.717) is 48.3 Å². The quantitative estimate of drug-likeness (QED) is 0.633. The molecule has 4 rings (SSSR count). The topological polar surface area (TPSA) is 132 Å². The summed E-state index contributed by atoms with van der Waals surface area (Å²) < 4.78 is 43.9. The SMILES string of the molecule is C[C@@H]1Oc2ccc(NC(=O)CNS(=O)(=O)c3ccc4c(c3)OCCCO4)cc2NC1=O. The van der Waals surface area contributed by atoms with Crippen LogP contribution in [0.5, 0.6) is 17.2 Å². The van der Waals surface area contributed by atoms with Crippen LogP contribution in [0.15, 0.2) is 41.3 Å². The Kier molecular flexibility index (Phi) is 5.70. The second kappa shape index (κ2) is 8.44. The van der Waals surface area contributed by atoms with Crippen molar-refractivity contribution in [1.29, 1.82) is 0 Å². The molecule has 10 nitrogen and oxygen atoms in total. The van der Waals surface area contributed by atoms with Crippen molar-refractivity contribution in [2.45, 2.75) is 24.3 Å². The molecule has 0 aromatic heterocycles. The summed E-state index contributed by atoms with van der Waals surface area (Å²) in [6, 6.07) is 9.03. The number of nitrogens with one attached hydrogen (secondary N) is 3. The van der Waals surface area contributed by atoms with Gasteiger partial charge in [0.05, 0.1) is 30.3 Å². The number of anilines is 2. The number of carbonyl (C=O) groups is 2. The molecule has 0 saturated carbocycles. The molecule has 0 bridgehead atoms. The molecular weight excluding hydrogens is 426 g/mol. The van der Waals surface area contributed by atoms with Gasteiger partial charge in [-0.05, 0) is 37.3 Å². The van der Waals surface area contributed by atoms with Gasteiger partial charge < -0.3 is 24.8 Å². The molecule has 1 atom stereocenters. The van der Waals surface area contributed by atoms with Crippen LogP contribution in [0.4, 0.5) is 11.4 Å². The van der Waals surface area contributed by atoms with Crippen molar-refractivity contribution < 1.29 is 32.2 Å². The number of amides is 2. The second-order valence-corrected chi connectivity index (χ2v) is 8.76. The van der Waals surface area contributed by atoms with E-state index in [9.17, 15) is 18.0 Å². The molecule has 2 aliphatic heterocycles. The predicted molar refractivity (Wildman–Crippen MR) is 111 cm³/mol. The number of sulfonamides is 1. The van der Waals surface area contributed by atoms with Crippen molar-refractivity contribution in [1.82, 2.24) is 4.72 Å². The second-order valence-electron chi connectivity index (χ2n) is 6.99. The van der Waals surface area contributed by atoms with Gasteiger partial charge in [0.1, 0.15) is 5.75 Å². The van der Waals surface area contributed by atoms with Gasteiger partial charge in [0.15, 0.2) is 17.6 Å². The maximum atomic E-state index is 12.6. The summed E-state index contributed by atoms with van der Waals surface area (Å²) in [6.45, 7) is 2.07. The van der Waals surface area contributed by atoms with E-state index in [1.54, 1.807) is 19.1 Å². The number of fused-ring (bicyclic) bond motifs is 2. The average molecular weight is 447 g/mol. The Labute approximate surface area is 178 Å². The normalized spacial score (nSPS) is 17.6. The number of hydrogen-bond acceptors (Lipinski definition) is 7.